The number of thioether (sulfide) groups is 1. The molecule has 0 bridgehead atoms. The molecule has 0 aliphatic rings. The molecule has 3 N–H and O–H groups in total. The maximum atomic E-state index is 12.1. The molecule has 158 valence electrons. The van der Waals surface area contributed by atoms with Gasteiger partial charge in [0.25, 0.3) is 11.1 Å². The van der Waals surface area contributed by atoms with Crippen molar-refractivity contribution < 1.29 is 22.4 Å². The Morgan fingerprint density at radius 2 is 1.90 bits per heavy atom. The van der Waals surface area contributed by atoms with E-state index in [9.17, 15) is 13.2 Å². The van der Waals surface area contributed by atoms with Crippen molar-refractivity contribution >= 4 is 33.4 Å². The van der Waals surface area contributed by atoms with Crippen LogP contribution in [0, 0.1) is 13.8 Å². The number of rotatable bonds is 8. The Balaban J connectivity index is 1.49. The number of amides is 1. The fourth-order valence-electron chi connectivity index (χ4n) is 2.41. The van der Waals surface area contributed by atoms with Gasteiger partial charge in [-0.05, 0) is 55.3 Å². The van der Waals surface area contributed by atoms with Crippen LogP contribution in [-0.2, 0) is 21.4 Å². The van der Waals surface area contributed by atoms with Crippen LogP contribution in [0.5, 0.6) is 5.75 Å². The van der Waals surface area contributed by atoms with Gasteiger partial charge in [-0.15, -0.1) is 10.2 Å². The third-order valence-corrected chi connectivity index (χ3v) is 5.68. The summed E-state index contributed by atoms with van der Waals surface area (Å²) in [5.74, 6) is 0.776. The van der Waals surface area contributed by atoms with Crippen molar-refractivity contribution in [2.24, 2.45) is 5.14 Å². The molecule has 1 aromatic heterocycles. The minimum absolute atomic E-state index is 0.0312. The zero-order valence-electron chi connectivity index (χ0n) is 16.3. The van der Waals surface area contributed by atoms with Crippen molar-refractivity contribution in [2.45, 2.75) is 30.6 Å². The molecule has 3 aromatic rings. The number of ether oxygens (including phenoxy) is 1. The van der Waals surface area contributed by atoms with Gasteiger partial charge in [-0.25, -0.2) is 13.6 Å². The quantitative estimate of drug-likeness (QED) is 0.502. The highest BCUT2D eigenvalue weighted by atomic mass is 32.2. The van der Waals surface area contributed by atoms with Gasteiger partial charge in [-0.3, -0.25) is 4.79 Å². The van der Waals surface area contributed by atoms with Gasteiger partial charge in [0, 0.05) is 5.69 Å². The fourth-order valence-corrected chi connectivity index (χ4v) is 3.51. The standard InChI is InChI=1S/C19H20N4O5S2/c1-12-3-4-13(2)16(9-12)27-10-18-22-23-19(28-18)29-11-17(24)21-14-5-7-15(8-6-14)30(20,25)26/h3-9H,10-11H2,1-2H3,(H,21,24)(H2,20,25,26). The van der Waals surface area contributed by atoms with E-state index in [-0.39, 0.29) is 28.4 Å². The molecule has 0 unspecified atom stereocenters. The minimum atomic E-state index is -3.77. The van der Waals surface area contributed by atoms with Gasteiger partial charge in [0.1, 0.15) is 5.75 Å². The van der Waals surface area contributed by atoms with Crippen LogP contribution in [-0.4, -0.2) is 30.3 Å². The van der Waals surface area contributed by atoms with Crippen LogP contribution in [0.15, 0.2) is 57.0 Å². The van der Waals surface area contributed by atoms with Crippen LogP contribution >= 0.6 is 11.8 Å². The normalized spacial score (nSPS) is 11.3. The minimum Gasteiger partial charge on any atom is -0.484 e. The first kappa shape index (κ1) is 21.8. The number of sulfonamides is 1. The van der Waals surface area contributed by atoms with E-state index in [4.69, 9.17) is 14.3 Å². The van der Waals surface area contributed by atoms with Crippen molar-refractivity contribution in [3.05, 3.63) is 59.5 Å². The SMILES string of the molecule is Cc1ccc(C)c(OCc2nnc(SCC(=O)Nc3ccc(S(N)(=O)=O)cc3)o2)c1. The number of nitrogens with zero attached hydrogens (tertiary/aromatic N) is 2. The number of nitrogens with one attached hydrogen (secondary N) is 1. The van der Waals surface area contributed by atoms with Gasteiger partial charge in [-0.2, -0.15) is 0 Å². The molecule has 1 heterocycles. The van der Waals surface area contributed by atoms with Gasteiger partial charge in [0.05, 0.1) is 10.6 Å². The van der Waals surface area contributed by atoms with Gasteiger partial charge < -0.3 is 14.5 Å². The van der Waals surface area contributed by atoms with Gasteiger partial charge in [-0.1, -0.05) is 23.9 Å². The molecule has 3 rings (SSSR count). The average Bonchev–Trinajstić information content (AvgIpc) is 3.15. The molecule has 0 saturated carbocycles. The molecular weight excluding hydrogens is 428 g/mol. The summed E-state index contributed by atoms with van der Waals surface area (Å²) in [6.45, 7) is 4.05. The summed E-state index contributed by atoms with van der Waals surface area (Å²) in [6.07, 6.45) is 0. The Hall–Kier alpha value is -2.89. The molecular formula is C19H20N4O5S2. The molecule has 0 atom stereocenters. The molecule has 0 aliphatic heterocycles. The van der Waals surface area contributed by atoms with Gasteiger partial charge >= 0.3 is 0 Å². The zero-order valence-corrected chi connectivity index (χ0v) is 17.9. The summed E-state index contributed by atoms with van der Waals surface area (Å²) in [4.78, 5) is 12.0. The van der Waals surface area contributed by atoms with Crippen molar-refractivity contribution in [1.29, 1.82) is 0 Å². The van der Waals surface area contributed by atoms with Crippen molar-refractivity contribution in [2.75, 3.05) is 11.1 Å². The van der Waals surface area contributed by atoms with Gasteiger partial charge in [0.2, 0.25) is 15.9 Å². The number of primary sulfonamides is 1. The van der Waals surface area contributed by atoms with Gasteiger partial charge in [0.15, 0.2) is 6.61 Å². The number of hydrogen-bond acceptors (Lipinski definition) is 8. The van der Waals surface area contributed by atoms with Crippen molar-refractivity contribution in [1.82, 2.24) is 10.2 Å². The Bertz CT molecular complexity index is 1140. The third-order valence-electron chi connectivity index (χ3n) is 3.94. The predicted octanol–water partition coefficient (Wildman–Crippen LogP) is 2.64. The molecule has 11 heteroatoms. The van der Waals surface area contributed by atoms with Crippen LogP contribution in [0.2, 0.25) is 0 Å². The highest BCUT2D eigenvalue weighted by Crippen LogP contribution is 2.22. The predicted molar refractivity (Wildman–Crippen MR) is 112 cm³/mol. The summed E-state index contributed by atoms with van der Waals surface area (Å²) in [5, 5.41) is 15.7. The van der Waals surface area contributed by atoms with Crippen molar-refractivity contribution in [3.8, 4) is 5.75 Å². The molecule has 9 nitrogen and oxygen atoms in total. The lowest BCUT2D eigenvalue weighted by Crippen LogP contribution is -2.15. The lowest BCUT2D eigenvalue weighted by atomic mass is 10.1. The second kappa shape index (κ2) is 9.28. The monoisotopic (exact) mass is 448 g/mol. The lowest BCUT2D eigenvalue weighted by molar-refractivity contribution is -0.113. The van der Waals surface area contributed by atoms with Crippen molar-refractivity contribution in [3.63, 3.8) is 0 Å². The topological polar surface area (TPSA) is 137 Å². The number of carbonyl (C=O) groups excluding carboxylic acids is 1. The highest BCUT2D eigenvalue weighted by Gasteiger charge is 2.12. The van der Waals surface area contributed by atoms with Crippen LogP contribution in [0.1, 0.15) is 17.0 Å². The summed E-state index contributed by atoms with van der Waals surface area (Å²) >= 11 is 1.08. The third kappa shape index (κ3) is 6.05. The summed E-state index contributed by atoms with van der Waals surface area (Å²) in [6, 6.07) is 11.5. The first-order valence-corrected chi connectivity index (χ1v) is 11.3. The number of benzene rings is 2. The van der Waals surface area contributed by atoms with E-state index in [0.717, 1.165) is 28.6 Å². The van der Waals surface area contributed by atoms with E-state index in [1.54, 1.807) is 0 Å². The Morgan fingerprint density at radius 3 is 2.60 bits per heavy atom. The average molecular weight is 449 g/mol. The number of nitrogens with two attached hydrogens (primary N) is 1. The van der Waals surface area contributed by atoms with Crippen LogP contribution < -0.4 is 15.2 Å². The van der Waals surface area contributed by atoms with E-state index in [1.165, 1.54) is 24.3 Å². The number of aryl methyl sites for hydroxylation is 2. The second-order valence-electron chi connectivity index (χ2n) is 6.43. The summed E-state index contributed by atoms with van der Waals surface area (Å²) in [7, 11) is -3.77. The Morgan fingerprint density at radius 1 is 1.17 bits per heavy atom. The molecule has 1 amide bonds. The number of carbonyl (C=O) groups is 1. The Kier molecular flexibility index (Phi) is 6.75. The number of hydrogen-bond donors (Lipinski definition) is 2. The maximum Gasteiger partial charge on any atom is 0.277 e. The smallest absolute Gasteiger partial charge is 0.277 e. The molecule has 2 aromatic carbocycles. The number of aromatic nitrogens is 2. The first-order chi connectivity index (χ1) is 14.2. The van der Waals surface area contributed by atoms with Crippen LogP contribution in [0.25, 0.3) is 0 Å². The lowest BCUT2D eigenvalue weighted by Gasteiger charge is -2.07. The second-order valence-corrected chi connectivity index (χ2v) is 8.91. The van der Waals surface area contributed by atoms with E-state index < -0.39 is 10.0 Å². The fraction of sp³-hybridized carbons (Fsp3) is 0.211. The zero-order chi connectivity index (χ0) is 21.7. The van der Waals surface area contributed by atoms with E-state index in [0.29, 0.717) is 11.6 Å². The molecule has 0 aliphatic carbocycles. The molecule has 0 radical (unpaired) electrons. The van der Waals surface area contributed by atoms with Crippen LogP contribution in [0.3, 0.4) is 0 Å². The van der Waals surface area contributed by atoms with E-state index >= 15 is 0 Å². The highest BCUT2D eigenvalue weighted by molar-refractivity contribution is 7.99. The summed E-state index contributed by atoms with van der Waals surface area (Å²) < 4.78 is 33.7. The largest absolute Gasteiger partial charge is 0.484 e. The molecule has 30 heavy (non-hydrogen) atoms. The molecule has 0 fully saturated rings. The molecule has 0 saturated heterocycles. The Labute approximate surface area is 178 Å². The number of anilines is 1. The molecule has 0 spiro atoms. The van der Waals surface area contributed by atoms with E-state index in [2.05, 4.69) is 15.5 Å². The summed E-state index contributed by atoms with van der Waals surface area (Å²) in [5.41, 5.74) is 2.53. The maximum absolute atomic E-state index is 12.1. The van der Waals surface area contributed by atoms with E-state index in [1.807, 2.05) is 32.0 Å². The first-order valence-electron chi connectivity index (χ1n) is 8.78. The van der Waals surface area contributed by atoms with Crippen LogP contribution in [0.4, 0.5) is 5.69 Å².